The summed E-state index contributed by atoms with van der Waals surface area (Å²) in [6.45, 7) is 0. The molecule has 26 heavy (non-hydrogen) atoms. The van der Waals surface area contributed by atoms with E-state index in [1.54, 1.807) is 18.2 Å². The lowest BCUT2D eigenvalue weighted by atomic mass is 9.73. The van der Waals surface area contributed by atoms with E-state index in [9.17, 15) is 14.0 Å². The second-order valence-electron chi connectivity index (χ2n) is 6.83. The zero-order chi connectivity index (χ0) is 18.3. The Labute approximate surface area is 155 Å². The molecule has 2 aliphatic rings. The highest BCUT2D eigenvalue weighted by atomic mass is 35.5. The molecule has 0 spiro atoms. The zero-order valence-electron chi connectivity index (χ0n) is 14.0. The number of hydrogen-bond donors (Lipinski definition) is 1. The number of carbonyl (C=O) groups excluding carboxylic acids is 2. The predicted molar refractivity (Wildman–Crippen MR) is 97.4 cm³/mol. The van der Waals surface area contributed by atoms with Crippen LogP contribution in [-0.2, 0) is 9.59 Å². The average Bonchev–Trinajstić information content (AvgIpc) is 2.61. The van der Waals surface area contributed by atoms with Gasteiger partial charge in [-0.3, -0.25) is 9.59 Å². The number of halogens is 2. The number of benzene rings is 2. The SMILES string of the molecule is O=C1C[C@H](c2cccc(Cl)c2)C2=C(C[C@H](c3ccc(F)cc3)CC2=O)N1. The summed E-state index contributed by atoms with van der Waals surface area (Å²) in [5.74, 6) is -0.686. The molecule has 3 nitrogen and oxygen atoms in total. The summed E-state index contributed by atoms with van der Waals surface area (Å²) in [6.07, 6.45) is 1.17. The van der Waals surface area contributed by atoms with Crippen molar-refractivity contribution in [3.63, 3.8) is 0 Å². The minimum absolute atomic E-state index is 0.0329. The Morgan fingerprint density at radius 3 is 2.46 bits per heavy atom. The molecule has 2 atom stereocenters. The number of nitrogens with one attached hydrogen (secondary N) is 1. The van der Waals surface area contributed by atoms with Crippen LogP contribution >= 0.6 is 11.6 Å². The van der Waals surface area contributed by atoms with E-state index in [1.165, 1.54) is 12.1 Å². The fourth-order valence-electron chi connectivity index (χ4n) is 3.94. The summed E-state index contributed by atoms with van der Waals surface area (Å²) < 4.78 is 13.2. The van der Waals surface area contributed by atoms with E-state index in [0.717, 1.165) is 11.1 Å². The van der Waals surface area contributed by atoms with Crippen LogP contribution in [0.25, 0.3) is 0 Å². The summed E-state index contributed by atoms with van der Waals surface area (Å²) in [6, 6.07) is 13.5. The molecule has 4 rings (SSSR count). The molecule has 132 valence electrons. The molecule has 0 fully saturated rings. The topological polar surface area (TPSA) is 46.2 Å². The van der Waals surface area contributed by atoms with Crippen molar-refractivity contribution >= 4 is 23.3 Å². The summed E-state index contributed by atoms with van der Waals surface area (Å²) in [4.78, 5) is 25.2. The molecule has 0 bridgehead atoms. The molecule has 1 aliphatic heterocycles. The summed E-state index contributed by atoms with van der Waals surface area (Å²) in [7, 11) is 0. The smallest absolute Gasteiger partial charge is 0.225 e. The van der Waals surface area contributed by atoms with Crippen molar-refractivity contribution in [1.82, 2.24) is 5.32 Å². The molecular formula is C21H17ClFNO2. The van der Waals surface area contributed by atoms with E-state index in [-0.39, 0.29) is 35.8 Å². The predicted octanol–water partition coefficient (Wildman–Crippen LogP) is 4.48. The first-order chi connectivity index (χ1) is 12.5. The molecule has 1 heterocycles. The lowest BCUT2D eigenvalue weighted by molar-refractivity contribution is -0.122. The number of ketones is 1. The van der Waals surface area contributed by atoms with Crippen molar-refractivity contribution in [3.05, 3.63) is 81.8 Å². The number of allylic oxidation sites excluding steroid dienone is 2. The largest absolute Gasteiger partial charge is 0.329 e. The van der Waals surface area contributed by atoms with Gasteiger partial charge in [0.1, 0.15) is 5.82 Å². The maximum Gasteiger partial charge on any atom is 0.225 e. The van der Waals surface area contributed by atoms with Gasteiger partial charge in [0, 0.05) is 35.1 Å². The Morgan fingerprint density at radius 1 is 0.962 bits per heavy atom. The third-order valence-electron chi connectivity index (χ3n) is 5.13. The molecule has 1 aliphatic carbocycles. The van der Waals surface area contributed by atoms with E-state index in [2.05, 4.69) is 5.32 Å². The van der Waals surface area contributed by atoms with E-state index in [4.69, 9.17) is 11.6 Å². The van der Waals surface area contributed by atoms with Gasteiger partial charge in [-0.15, -0.1) is 0 Å². The van der Waals surface area contributed by atoms with Gasteiger partial charge in [0.25, 0.3) is 0 Å². The lowest BCUT2D eigenvalue weighted by Crippen LogP contribution is -2.38. The Kier molecular flexibility index (Phi) is 4.37. The van der Waals surface area contributed by atoms with Crippen LogP contribution in [0.1, 0.15) is 42.2 Å². The molecule has 0 unspecified atom stereocenters. The van der Waals surface area contributed by atoms with Gasteiger partial charge in [-0.05, 0) is 47.7 Å². The van der Waals surface area contributed by atoms with Gasteiger partial charge in [0.05, 0.1) is 0 Å². The lowest BCUT2D eigenvalue weighted by Gasteiger charge is -2.34. The molecule has 0 aromatic heterocycles. The Morgan fingerprint density at radius 2 is 1.73 bits per heavy atom. The second-order valence-corrected chi connectivity index (χ2v) is 7.27. The van der Waals surface area contributed by atoms with Gasteiger partial charge >= 0.3 is 0 Å². The monoisotopic (exact) mass is 369 g/mol. The zero-order valence-corrected chi connectivity index (χ0v) is 14.7. The molecule has 0 saturated carbocycles. The van der Waals surface area contributed by atoms with Gasteiger partial charge in [0.2, 0.25) is 5.91 Å². The van der Waals surface area contributed by atoms with Crippen LogP contribution < -0.4 is 5.32 Å². The van der Waals surface area contributed by atoms with Gasteiger partial charge < -0.3 is 5.32 Å². The van der Waals surface area contributed by atoms with Crippen molar-refractivity contribution in [2.45, 2.75) is 31.1 Å². The molecule has 0 radical (unpaired) electrons. The number of rotatable bonds is 2. The molecule has 1 amide bonds. The molecular weight excluding hydrogens is 353 g/mol. The number of carbonyl (C=O) groups is 2. The third-order valence-corrected chi connectivity index (χ3v) is 5.36. The number of amides is 1. The highest BCUT2D eigenvalue weighted by molar-refractivity contribution is 6.30. The highest BCUT2D eigenvalue weighted by Crippen LogP contribution is 2.42. The number of hydrogen-bond acceptors (Lipinski definition) is 2. The Balaban J connectivity index is 1.71. The summed E-state index contributed by atoms with van der Waals surface area (Å²) in [5.41, 5.74) is 3.17. The average molecular weight is 370 g/mol. The minimum atomic E-state index is -0.303. The molecule has 5 heteroatoms. The molecule has 1 N–H and O–H groups in total. The van der Waals surface area contributed by atoms with Crippen molar-refractivity contribution in [3.8, 4) is 0 Å². The van der Waals surface area contributed by atoms with Crippen LogP contribution in [0.2, 0.25) is 5.02 Å². The van der Waals surface area contributed by atoms with E-state index < -0.39 is 0 Å². The number of Topliss-reactive ketones (excluding diaryl/α,β-unsaturated/α-hetero) is 1. The first kappa shape index (κ1) is 17.0. The highest BCUT2D eigenvalue weighted by Gasteiger charge is 2.38. The Hall–Kier alpha value is -2.46. The van der Waals surface area contributed by atoms with Crippen LogP contribution in [0.15, 0.2) is 59.8 Å². The summed E-state index contributed by atoms with van der Waals surface area (Å²) >= 11 is 6.10. The first-order valence-electron chi connectivity index (χ1n) is 8.58. The second kappa shape index (κ2) is 6.69. The van der Waals surface area contributed by atoms with Crippen LogP contribution in [-0.4, -0.2) is 11.7 Å². The van der Waals surface area contributed by atoms with Gasteiger partial charge in [-0.1, -0.05) is 35.9 Å². The van der Waals surface area contributed by atoms with Gasteiger partial charge in [0.15, 0.2) is 5.78 Å². The van der Waals surface area contributed by atoms with E-state index in [0.29, 0.717) is 29.1 Å². The van der Waals surface area contributed by atoms with Gasteiger partial charge in [-0.2, -0.15) is 0 Å². The van der Waals surface area contributed by atoms with Crippen LogP contribution in [0.4, 0.5) is 4.39 Å². The van der Waals surface area contributed by atoms with Crippen LogP contribution in [0, 0.1) is 5.82 Å². The summed E-state index contributed by atoms with van der Waals surface area (Å²) in [5, 5.41) is 3.47. The molecule has 2 aromatic rings. The van der Waals surface area contributed by atoms with Crippen molar-refractivity contribution in [1.29, 1.82) is 0 Å². The first-order valence-corrected chi connectivity index (χ1v) is 8.96. The van der Waals surface area contributed by atoms with Crippen molar-refractivity contribution in [2.75, 3.05) is 0 Å². The fourth-order valence-corrected chi connectivity index (χ4v) is 4.14. The molecule has 2 aromatic carbocycles. The maximum absolute atomic E-state index is 13.2. The van der Waals surface area contributed by atoms with Crippen LogP contribution in [0.3, 0.4) is 0 Å². The van der Waals surface area contributed by atoms with E-state index >= 15 is 0 Å². The normalized spacial score (nSPS) is 22.8. The Bertz CT molecular complexity index is 920. The van der Waals surface area contributed by atoms with Crippen molar-refractivity contribution in [2.24, 2.45) is 0 Å². The minimum Gasteiger partial charge on any atom is -0.329 e. The third kappa shape index (κ3) is 3.17. The molecule has 0 saturated heterocycles. The quantitative estimate of drug-likeness (QED) is 0.848. The van der Waals surface area contributed by atoms with Gasteiger partial charge in [-0.25, -0.2) is 4.39 Å². The van der Waals surface area contributed by atoms with E-state index in [1.807, 2.05) is 18.2 Å². The van der Waals surface area contributed by atoms with Crippen LogP contribution in [0.5, 0.6) is 0 Å². The maximum atomic E-state index is 13.2. The fraction of sp³-hybridized carbons (Fsp3) is 0.238. The van der Waals surface area contributed by atoms with Crippen molar-refractivity contribution < 1.29 is 14.0 Å². The standard InChI is InChI=1S/C21H17ClFNO2/c22-15-3-1-2-13(8-15)17-11-20(26)24-18-9-14(10-19(25)21(17)18)12-4-6-16(23)7-5-12/h1-8,14,17H,9-11H2,(H,24,26)/t14-,17+/m0/s1.